The Balaban J connectivity index is 0. The molecule has 0 spiro atoms. The van der Waals surface area contributed by atoms with Crippen molar-refractivity contribution in [3.05, 3.63) is 0 Å². The van der Waals surface area contributed by atoms with E-state index in [1.807, 2.05) is 0 Å². The van der Waals surface area contributed by atoms with Crippen LogP contribution in [0.2, 0.25) is 0 Å². The molecule has 0 atom stereocenters. The van der Waals surface area contributed by atoms with Gasteiger partial charge in [-0.25, -0.2) is 0 Å². The Morgan fingerprint density at radius 2 is 1.00 bits per heavy atom. The van der Waals surface area contributed by atoms with E-state index >= 15 is 0 Å². The molecule has 0 aromatic heterocycles. The third kappa shape index (κ3) is 9.31. The predicted octanol–water partition coefficient (Wildman–Crippen LogP) is -3.02. The Labute approximate surface area is 117 Å². The molecule has 0 amide bonds. The molecule has 16 valence electrons. The molecule has 0 aliphatic rings. The minimum atomic E-state index is 0. The maximum atomic E-state index is 0. The van der Waals surface area contributed by atoms with Gasteiger partial charge >= 0.3 is 83.2 Å². The van der Waals surface area contributed by atoms with Crippen molar-refractivity contribution in [2.24, 2.45) is 0 Å². The molecule has 0 heterocycles. The maximum absolute atomic E-state index is 0. The van der Waals surface area contributed by atoms with Gasteiger partial charge in [-0.3, -0.25) is 0 Å². The molecule has 0 unspecified atom stereocenters. The molecule has 0 saturated heterocycles. The molecule has 0 aromatic carbocycles. The van der Waals surface area contributed by atoms with Gasteiger partial charge in [0, 0.05) is 19.5 Å². The van der Waals surface area contributed by atoms with E-state index in [2.05, 4.69) is 0 Å². The molecular formula is H7AlCaSrZn. The van der Waals surface area contributed by atoms with Gasteiger partial charge in [0.15, 0.2) is 17.4 Å². The Morgan fingerprint density at radius 3 is 1.00 bits per heavy atom. The van der Waals surface area contributed by atoms with Gasteiger partial charge in [-0.1, -0.05) is 0 Å². The first kappa shape index (κ1) is 24.7. The number of rotatable bonds is 0. The summed E-state index contributed by atoms with van der Waals surface area (Å²) in [5.41, 5.74) is 0. The first-order valence-corrected chi connectivity index (χ1v) is 0. The van der Waals surface area contributed by atoms with Crippen molar-refractivity contribution in [1.82, 2.24) is 0 Å². The maximum Gasteiger partial charge on any atom is 0 e. The standard InChI is InChI=1S/Al.Ca.Sr.Zn.7H. The molecular weight excluding hydrogens is 220 g/mol. The van der Waals surface area contributed by atoms with E-state index in [1.165, 1.54) is 0 Å². The SMILES string of the molecule is [AlH3].[CaH2].[SrH2].[Zn]. The Morgan fingerprint density at radius 1 is 1.00 bits per heavy atom. The first-order valence-electron chi connectivity index (χ1n) is 0. The summed E-state index contributed by atoms with van der Waals surface area (Å²) < 4.78 is 0. The van der Waals surface area contributed by atoms with Crippen molar-refractivity contribution >= 4 is 101 Å². The van der Waals surface area contributed by atoms with Crippen molar-refractivity contribution < 1.29 is 19.5 Å². The van der Waals surface area contributed by atoms with Crippen LogP contribution in [0.4, 0.5) is 0 Å². The van der Waals surface area contributed by atoms with Crippen molar-refractivity contribution in [1.29, 1.82) is 0 Å². The van der Waals surface area contributed by atoms with Crippen LogP contribution in [0, 0.1) is 0 Å². The summed E-state index contributed by atoms with van der Waals surface area (Å²) in [4.78, 5) is 0. The quantitative estimate of drug-likeness (QED) is 0.386. The fourth-order valence-corrected chi connectivity index (χ4v) is 0. The Kier molecular flexibility index (Phi) is 97.7. The van der Waals surface area contributed by atoms with Gasteiger partial charge < -0.3 is 0 Å². The number of hydrogen-bond donors (Lipinski definition) is 0. The van der Waals surface area contributed by atoms with E-state index in [0.717, 1.165) is 0 Å². The van der Waals surface area contributed by atoms with E-state index in [4.69, 9.17) is 0 Å². The summed E-state index contributed by atoms with van der Waals surface area (Å²) in [5.74, 6) is 0. The van der Waals surface area contributed by atoms with E-state index in [0.29, 0.717) is 0 Å². The second kappa shape index (κ2) is 15.8. The third-order valence-electron chi connectivity index (χ3n) is 0. The molecule has 0 saturated carbocycles. The van der Waals surface area contributed by atoms with Crippen LogP contribution in [-0.2, 0) is 19.5 Å². The van der Waals surface area contributed by atoms with Crippen LogP contribution in [0.5, 0.6) is 0 Å². The molecule has 0 nitrogen and oxygen atoms in total. The second-order valence-electron chi connectivity index (χ2n) is 0. The van der Waals surface area contributed by atoms with E-state index in [9.17, 15) is 0 Å². The molecule has 0 radical (unpaired) electrons. The van der Waals surface area contributed by atoms with Gasteiger partial charge in [0.25, 0.3) is 0 Å². The van der Waals surface area contributed by atoms with Gasteiger partial charge in [0.1, 0.15) is 0 Å². The second-order valence-corrected chi connectivity index (χ2v) is 0. The zero-order valence-electron chi connectivity index (χ0n) is 0.707. The average molecular weight is 227 g/mol. The van der Waals surface area contributed by atoms with Gasteiger partial charge in [-0.15, -0.1) is 0 Å². The zero-order valence-corrected chi connectivity index (χ0v) is 3.67. The fourth-order valence-electron chi connectivity index (χ4n) is 0. The zero-order chi connectivity index (χ0) is 0. The van der Waals surface area contributed by atoms with Gasteiger partial charge in [0.2, 0.25) is 0 Å². The molecule has 4 heteroatoms. The Hall–Kier alpha value is 3.90. The molecule has 4 heavy (non-hydrogen) atoms. The molecule has 0 rings (SSSR count). The smallest absolute Gasteiger partial charge is 0 e. The number of hydrogen-bond acceptors (Lipinski definition) is 0. The third-order valence-corrected chi connectivity index (χ3v) is 0. The predicted molar refractivity (Wildman–Crippen MR) is 27.0 cm³/mol. The summed E-state index contributed by atoms with van der Waals surface area (Å²) in [6.07, 6.45) is 0. The molecule has 0 bridgehead atoms. The summed E-state index contributed by atoms with van der Waals surface area (Å²) >= 11 is 0. The van der Waals surface area contributed by atoms with Crippen molar-refractivity contribution in [2.45, 2.75) is 0 Å². The summed E-state index contributed by atoms with van der Waals surface area (Å²) in [6.45, 7) is 0. The monoisotopic (exact) mass is 226 g/mol. The first-order chi connectivity index (χ1) is 0. The summed E-state index contributed by atoms with van der Waals surface area (Å²) in [7, 11) is 0. The van der Waals surface area contributed by atoms with E-state index in [-0.39, 0.29) is 120 Å². The van der Waals surface area contributed by atoms with Crippen LogP contribution in [-0.4, -0.2) is 101 Å². The summed E-state index contributed by atoms with van der Waals surface area (Å²) in [5, 5.41) is 0. The van der Waals surface area contributed by atoms with Crippen LogP contribution < -0.4 is 0 Å². The normalized spacial score (nSPS) is 0. The topological polar surface area (TPSA) is 0 Å². The minimum Gasteiger partial charge on any atom is 0 e. The van der Waals surface area contributed by atoms with Crippen LogP contribution in [0.25, 0.3) is 0 Å². The molecule has 0 aliphatic carbocycles. The molecule has 0 fully saturated rings. The average Bonchev–Trinajstić information content (AvgIpc) is 0. The van der Waals surface area contributed by atoms with Crippen LogP contribution in [0.3, 0.4) is 0 Å². The van der Waals surface area contributed by atoms with Crippen molar-refractivity contribution in [2.75, 3.05) is 0 Å². The van der Waals surface area contributed by atoms with Crippen LogP contribution in [0.1, 0.15) is 0 Å². The van der Waals surface area contributed by atoms with E-state index in [1.54, 1.807) is 0 Å². The van der Waals surface area contributed by atoms with Crippen LogP contribution >= 0.6 is 0 Å². The molecule has 0 N–H and O–H groups in total. The van der Waals surface area contributed by atoms with Gasteiger partial charge in [0.05, 0.1) is 0 Å². The largest absolute Gasteiger partial charge is 0 e. The Bertz CT molecular complexity index is 8.00. The van der Waals surface area contributed by atoms with E-state index < -0.39 is 0 Å². The van der Waals surface area contributed by atoms with Gasteiger partial charge in [-0.2, -0.15) is 0 Å². The van der Waals surface area contributed by atoms with Crippen LogP contribution in [0.15, 0.2) is 0 Å². The molecule has 0 aromatic rings. The van der Waals surface area contributed by atoms with Gasteiger partial charge in [-0.05, 0) is 0 Å². The minimum absolute atomic E-state index is 0. The van der Waals surface area contributed by atoms with Crippen molar-refractivity contribution in [3.63, 3.8) is 0 Å². The van der Waals surface area contributed by atoms with Crippen molar-refractivity contribution in [3.8, 4) is 0 Å². The molecule has 0 aliphatic heterocycles. The summed E-state index contributed by atoms with van der Waals surface area (Å²) in [6, 6.07) is 0. The fraction of sp³-hybridized carbons (Fsp3) is 0.